The molecule has 1 N–H and O–H groups in total. The number of benzene rings is 2. The molecule has 2 rings (SSSR count). The first kappa shape index (κ1) is 15.8. The number of nitrogens with zero attached hydrogens (tertiary/aromatic N) is 1. The van der Waals surface area contributed by atoms with E-state index in [1.165, 1.54) is 0 Å². The maximum atomic E-state index is 8.50. The van der Waals surface area contributed by atoms with Gasteiger partial charge in [-0.1, -0.05) is 46.9 Å². The highest BCUT2D eigenvalue weighted by molar-refractivity contribution is 6.41. The Morgan fingerprint density at radius 2 is 1.81 bits per heavy atom. The van der Waals surface area contributed by atoms with Gasteiger partial charge < -0.3 is 10.1 Å². The number of halogens is 3. The van der Waals surface area contributed by atoms with Crippen molar-refractivity contribution in [1.82, 2.24) is 0 Å². The Morgan fingerprint density at radius 1 is 1.10 bits per heavy atom. The SMILES string of the molecule is N#CCOc1cccc(CNc2c(Cl)cc(Cl)cc2Cl)c1. The van der Waals surface area contributed by atoms with Crippen LogP contribution in [0.4, 0.5) is 5.69 Å². The maximum Gasteiger partial charge on any atom is 0.174 e. The molecule has 0 bridgehead atoms. The summed E-state index contributed by atoms with van der Waals surface area (Å²) in [6.45, 7) is 0.538. The van der Waals surface area contributed by atoms with Gasteiger partial charge in [-0.2, -0.15) is 5.26 Å². The van der Waals surface area contributed by atoms with Crippen LogP contribution < -0.4 is 10.1 Å². The molecule has 108 valence electrons. The molecule has 0 aliphatic heterocycles. The number of rotatable bonds is 5. The van der Waals surface area contributed by atoms with Crippen molar-refractivity contribution in [1.29, 1.82) is 5.26 Å². The smallest absolute Gasteiger partial charge is 0.174 e. The fraction of sp³-hybridized carbons (Fsp3) is 0.133. The van der Waals surface area contributed by atoms with Gasteiger partial charge in [0, 0.05) is 11.6 Å². The number of ether oxygens (including phenoxy) is 1. The lowest BCUT2D eigenvalue weighted by Crippen LogP contribution is -2.01. The lowest BCUT2D eigenvalue weighted by Gasteiger charge is -2.11. The Kier molecular flexibility index (Phi) is 5.58. The van der Waals surface area contributed by atoms with Crippen LogP contribution in [0.5, 0.6) is 5.75 Å². The van der Waals surface area contributed by atoms with E-state index in [-0.39, 0.29) is 6.61 Å². The Bertz CT molecular complexity index is 660. The molecule has 0 amide bonds. The zero-order chi connectivity index (χ0) is 15.2. The molecule has 0 aliphatic rings. The normalized spacial score (nSPS) is 10.0. The van der Waals surface area contributed by atoms with Crippen molar-refractivity contribution < 1.29 is 4.74 Å². The quantitative estimate of drug-likeness (QED) is 0.817. The van der Waals surface area contributed by atoms with Crippen molar-refractivity contribution in [2.45, 2.75) is 6.54 Å². The molecule has 0 spiro atoms. The molecule has 0 unspecified atom stereocenters. The zero-order valence-electron chi connectivity index (χ0n) is 10.9. The predicted octanol–water partition coefficient (Wildman–Crippen LogP) is 5.16. The topological polar surface area (TPSA) is 45.0 Å². The molecular weight excluding hydrogens is 331 g/mol. The summed E-state index contributed by atoms with van der Waals surface area (Å²) in [6, 6.07) is 12.6. The van der Waals surface area contributed by atoms with E-state index in [2.05, 4.69) is 5.32 Å². The molecule has 2 aromatic rings. The van der Waals surface area contributed by atoms with Crippen LogP contribution in [-0.2, 0) is 6.54 Å². The van der Waals surface area contributed by atoms with E-state index in [9.17, 15) is 0 Å². The summed E-state index contributed by atoms with van der Waals surface area (Å²) in [5.74, 6) is 0.643. The van der Waals surface area contributed by atoms with Crippen LogP contribution in [0.25, 0.3) is 0 Å². The van der Waals surface area contributed by atoms with Crippen LogP contribution in [-0.4, -0.2) is 6.61 Å². The molecular formula is C15H11Cl3N2O. The van der Waals surface area contributed by atoms with E-state index in [0.29, 0.717) is 33.0 Å². The molecule has 2 aromatic carbocycles. The van der Waals surface area contributed by atoms with E-state index in [4.69, 9.17) is 44.8 Å². The fourth-order valence-electron chi connectivity index (χ4n) is 1.76. The molecule has 0 radical (unpaired) electrons. The monoisotopic (exact) mass is 340 g/mol. The highest BCUT2D eigenvalue weighted by atomic mass is 35.5. The van der Waals surface area contributed by atoms with Gasteiger partial charge in [-0.25, -0.2) is 0 Å². The van der Waals surface area contributed by atoms with Crippen LogP contribution in [0.3, 0.4) is 0 Å². The van der Waals surface area contributed by atoms with Crippen molar-refractivity contribution in [2.75, 3.05) is 11.9 Å². The molecule has 0 saturated heterocycles. The molecule has 3 nitrogen and oxygen atoms in total. The average Bonchev–Trinajstić information content (AvgIpc) is 2.44. The Morgan fingerprint density at radius 3 is 2.48 bits per heavy atom. The first-order valence-corrected chi connectivity index (χ1v) is 7.20. The lowest BCUT2D eigenvalue weighted by molar-refractivity contribution is 0.368. The van der Waals surface area contributed by atoms with Crippen molar-refractivity contribution in [2.24, 2.45) is 0 Å². The van der Waals surface area contributed by atoms with Gasteiger partial charge in [-0.15, -0.1) is 0 Å². The lowest BCUT2D eigenvalue weighted by atomic mass is 10.2. The summed E-state index contributed by atoms with van der Waals surface area (Å²) in [7, 11) is 0. The van der Waals surface area contributed by atoms with Gasteiger partial charge in [0.05, 0.1) is 15.7 Å². The maximum absolute atomic E-state index is 8.50. The van der Waals surface area contributed by atoms with Gasteiger partial charge in [-0.3, -0.25) is 0 Å². The van der Waals surface area contributed by atoms with Gasteiger partial charge in [0.2, 0.25) is 0 Å². The summed E-state index contributed by atoms with van der Waals surface area (Å²) < 4.78 is 5.25. The van der Waals surface area contributed by atoms with Crippen molar-refractivity contribution in [3.05, 3.63) is 57.0 Å². The summed E-state index contributed by atoms with van der Waals surface area (Å²) in [5.41, 5.74) is 1.61. The van der Waals surface area contributed by atoms with Crippen LogP contribution in [0.15, 0.2) is 36.4 Å². The van der Waals surface area contributed by atoms with Crippen LogP contribution in [0.1, 0.15) is 5.56 Å². The molecule has 0 saturated carbocycles. The highest BCUT2D eigenvalue weighted by Gasteiger charge is 2.07. The van der Waals surface area contributed by atoms with Crippen LogP contribution in [0.2, 0.25) is 15.1 Å². The number of hydrogen-bond acceptors (Lipinski definition) is 3. The van der Waals surface area contributed by atoms with Crippen LogP contribution in [0, 0.1) is 11.3 Å². The van der Waals surface area contributed by atoms with Gasteiger partial charge in [-0.05, 0) is 29.8 Å². The molecule has 6 heteroatoms. The Hall–Kier alpha value is -1.60. The minimum Gasteiger partial charge on any atom is -0.479 e. The third-order valence-electron chi connectivity index (χ3n) is 2.68. The number of anilines is 1. The summed E-state index contributed by atoms with van der Waals surface area (Å²) in [5, 5.41) is 13.1. The van der Waals surface area contributed by atoms with Gasteiger partial charge in [0.25, 0.3) is 0 Å². The highest BCUT2D eigenvalue weighted by Crippen LogP contribution is 2.34. The van der Waals surface area contributed by atoms with E-state index in [1.807, 2.05) is 24.3 Å². The second-order valence-electron chi connectivity index (χ2n) is 4.19. The summed E-state index contributed by atoms with van der Waals surface area (Å²) in [6.07, 6.45) is 0. The van der Waals surface area contributed by atoms with Crippen molar-refractivity contribution in [3.8, 4) is 11.8 Å². The summed E-state index contributed by atoms with van der Waals surface area (Å²) in [4.78, 5) is 0. The van der Waals surface area contributed by atoms with Gasteiger partial charge >= 0.3 is 0 Å². The number of nitrogens with one attached hydrogen (secondary N) is 1. The van der Waals surface area contributed by atoms with E-state index in [1.54, 1.807) is 18.2 Å². The minimum atomic E-state index is 0.0196. The van der Waals surface area contributed by atoms with E-state index < -0.39 is 0 Å². The Labute approximate surface area is 138 Å². The van der Waals surface area contributed by atoms with E-state index >= 15 is 0 Å². The van der Waals surface area contributed by atoms with Crippen molar-refractivity contribution in [3.63, 3.8) is 0 Å². The minimum absolute atomic E-state index is 0.0196. The number of hydrogen-bond donors (Lipinski definition) is 1. The van der Waals surface area contributed by atoms with E-state index in [0.717, 1.165) is 5.56 Å². The van der Waals surface area contributed by atoms with Crippen LogP contribution >= 0.6 is 34.8 Å². The first-order chi connectivity index (χ1) is 10.1. The van der Waals surface area contributed by atoms with Crippen molar-refractivity contribution >= 4 is 40.5 Å². The first-order valence-electron chi connectivity index (χ1n) is 6.07. The third kappa shape index (κ3) is 4.44. The largest absolute Gasteiger partial charge is 0.479 e. The summed E-state index contributed by atoms with van der Waals surface area (Å²) >= 11 is 18.1. The van der Waals surface area contributed by atoms with Gasteiger partial charge in [0.1, 0.15) is 11.8 Å². The number of nitriles is 1. The fourth-order valence-corrected chi connectivity index (χ4v) is 2.71. The Balaban J connectivity index is 2.08. The molecule has 0 fully saturated rings. The third-order valence-corrected chi connectivity index (χ3v) is 3.49. The zero-order valence-corrected chi connectivity index (χ0v) is 13.1. The average molecular weight is 342 g/mol. The molecule has 0 atom stereocenters. The molecule has 0 aromatic heterocycles. The second kappa shape index (κ2) is 7.42. The predicted molar refractivity (Wildman–Crippen MR) is 86.3 cm³/mol. The molecule has 21 heavy (non-hydrogen) atoms. The van der Waals surface area contributed by atoms with Gasteiger partial charge in [0.15, 0.2) is 6.61 Å². The molecule has 0 aliphatic carbocycles. The standard InChI is InChI=1S/C15H11Cl3N2O/c16-11-7-13(17)15(14(18)8-11)20-9-10-2-1-3-12(6-10)21-5-4-19/h1-3,6-8,20H,5,9H2. The molecule has 0 heterocycles. The second-order valence-corrected chi connectivity index (χ2v) is 5.44.